The summed E-state index contributed by atoms with van der Waals surface area (Å²) < 4.78 is 38.3. The number of rotatable bonds is 11. The summed E-state index contributed by atoms with van der Waals surface area (Å²) in [6.45, 7) is -2.98. The summed E-state index contributed by atoms with van der Waals surface area (Å²) in [6.07, 6.45) is 0. The van der Waals surface area contributed by atoms with Crippen LogP contribution in [0.2, 0.25) is 0 Å². The molecule has 0 unspecified atom stereocenters. The third kappa shape index (κ3) is 7.51. The van der Waals surface area contributed by atoms with Gasteiger partial charge in [-0.05, 0) is 30.3 Å². The lowest BCUT2D eigenvalue weighted by atomic mass is 10.1. The molecule has 0 aliphatic carbocycles. The Kier molecular flexibility index (Phi) is 8.64. The molecule has 31 heavy (non-hydrogen) atoms. The molecule has 12 heteroatoms. The number of nitro benzene ring substituents is 1. The van der Waals surface area contributed by atoms with Crippen LogP contribution in [0.1, 0.15) is 10.4 Å². The van der Waals surface area contributed by atoms with E-state index >= 15 is 0 Å². The van der Waals surface area contributed by atoms with Crippen LogP contribution >= 0.6 is 0 Å². The number of anilines is 2. The fourth-order valence-electron chi connectivity index (χ4n) is 2.38. The largest absolute Gasteiger partial charge is 0.452 e. The van der Waals surface area contributed by atoms with Gasteiger partial charge in [-0.3, -0.25) is 14.9 Å². The molecule has 0 aromatic heterocycles. The van der Waals surface area contributed by atoms with Gasteiger partial charge in [0.05, 0.1) is 17.1 Å². The molecule has 2 rings (SSSR count). The van der Waals surface area contributed by atoms with Gasteiger partial charge in [0.15, 0.2) is 6.61 Å². The first-order valence-electron chi connectivity index (χ1n) is 8.83. The first kappa shape index (κ1) is 23.5. The fraction of sp³-hybridized carbons (Fsp3) is 0.263. The molecule has 2 aromatic rings. The van der Waals surface area contributed by atoms with Gasteiger partial charge < -0.3 is 24.8 Å². The van der Waals surface area contributed by atoms with Crippen molar-refractivity contribution in [3.05, 3.63) is 58.1 Å². The van der Waals surface area contributed by atoms with Crippen molar-refractivity contribution in [1.82, 2.24) is 0 Å². The number of nitrogens with zero attached hydrogens (tertiary/aromatic N) is 1. The molecular weight excluding hydrogens is 420 g/mol. The molecule has 0 aliphatic heterocycles. The van der Waals surface area contributed by atoms with Crippen LogP contribution in [0.5, 0.6) is 5.75 Å². The molecule has 0 saturated heterocycles. The maximum atomic E-state index is 12.4. The van der Waals surface area contributed by atoms with Gasteiger partial charge in [-0.1, -0.05) is 0 Å². The summed E-state index contributed by atoms with van der Waals surface area (Å²) in [5.74, 6) is -1.73. The molecule has 0 spiro atoms. The number of carbonyl (C=O) groups is 2. The van der Waals surface area contributed by atoms with Crippen molar-refractivity contribution in [3.8, 4) is 5.75 Å². The second-order valence-electron chi connectivity index (χ2n) is 5.93. The first-order valence-corrected chi connectivity index (χ1v) is 8.83. The number of amides is 1. The lowest BCUT2D eigenvalue weighted by Gasteiger charge is -2.12. The van der Waals surface area contributed by atoms with Crippen LogP contribution in [0.15, 0.2) is 42.5 Å². The number of hydrogen-bond acceptors (Lipinski definition) is 8. The quantitative estimate of drug-likeness (QED) is 0.237. The number of non-ortho nitro benzene ring substituents is 1. The lowest BCUT2D eigenvalue weighted by Crippen LogP contribution is -2.21. The Morgan fingerprint density at radius 1 is 1.16 bits per heavy atom. The summed E-state index contributed by atoms with van der Waals surface area (Å²) in [4.78, 5) is 34.7. The highest BCUT2D eigenvalue weighted by Crippen LogP contribution is 2.23. The number of alkyl halides is 2. The number of carbonyl (C=O) groups excluding carboxylic acids is 2. The predicted molar refractivity (Wildman–Crippen MR) is 105 cm³/mol. The van der Waals surface area contributed by atoms with Crippen LogP contribution in [-0.4, -0.2) is 50.3 Å². The normalized spacial score (nSPS) is 10.5. The van der Waals surface area contributed by atoms with Crippen molar-refractivity contribution < 1.29 is 37.5 Å². The SMILES string of the molecule is COCCNc1ccc([N+](=O)[O-])cc1C(=O)OCC(=O)Nc1ccc(OC(F)F)cc1. The minimum absolute atomic E-state index is 0.0846. The van der Waals surface area contributed by atoms with E-state index in [9.17, 15) is 28.5 Å². The molecule has 0 aliphatic rings. The number of nitrogens with one attached hydrogen (secondary N) is 2. The Labute approximate surface area is 175 Å². The zero-order valence-corrected chi connectivity index (χ0v) is 16.3. The van der Waals surface area contributed by atoms with Crippen LogP contribution < -0.4 is 15.4 Å². The average Bonchev–Trinajstić information content (AvgIpc) is 2.73. The zero-order valence-electron chi connectivity index (χ0n) is 16.3. The molecular formula is C19H19F2N3O7. The molecule has 0 heterocycles. The highest BCUT2D eigenvalue weighted by Gasteiger charge is 2.19. The number of hydrogen-bond donors (Lipinski definition) is 2. The van der Waals surface area contributed by atoms with E-state index in [1.807, 2.05) is 0 Å². The van der Waals surface area contributed by atoms with E-state index < -0.39 is 30.0 Å². The lowest BCUT2D eigenvalue weighted by molar-refractivity contribution is -0.384. The Bertz CT molecular complexity index is 923. The minimum Gasteiger partial charge on any atom is -0.452 e. The fourth-order valence-corrected chi connectivity index (χ4v) is 2.38. The molecule has 166 valence electrons. The van der Waals surface area contributed by atoms with Crippen molar-refractivity contribution in [2.24, 2.45) is 0 Å². The van der Waals surface area contributed by atoms with Crippen molar-refractivity contribution in [1.29, 1.82) is 0 Å². The van der Waals surface area contributed by atoms with Crippen molar-refractivity contribution >= 4 is 28.9 Å². The van der Waals surface area contributed by atoms with Gasteiger partial charge in [0.25, 0.3) is 11.6 Å². The molecule has 0 saturated carbocycles. The van der Waals surface area contributed by atoms with Crippen molar-refractivity contribution in [3.63, 3.8) is 0 Å². The molecule has 10 nitrogen and oxygen atoms in total. The third-order valence-electron chi connectivity index (χ3n) is 3.75. The van der Waals surface area contributed by atoms with Crippen LogP contribution in [-0.2, 0) is 14.3 Å². The van der Waals surface area contributed by atoms with E-state index in [-0.39, 0.29) is 28.4 Å². The van der Waals surface area contributed by atoms with E-state index in [4.69, 9.17) is 9.47 Å². The second-order valence-corrected chi connectivity index (χ2v) is 5.93. The number of ether oxygens (including phenoxy) is 3. The Balaban J connectivity index is 1.99. The van der Waals surface area contributed by atoms with Crippen molar-refractivity contribution in [2.75, 3.05) is 37.5 Å². The summed E-state index contributed by atoms with van der Waals surface area (Å²) >= 11 is 0. The van der Waals surface area contributed by atoms with Crippen molar-refractivity contribution in [2.45, 2.75) is 6.61 Å². The number of halogens is 2. The van der Waals surface area contributed by atoms with Gasteiger partial charge in [-0.2, -0.15) is 8.78 Å². The second kappa shape index (κ2) is 11.4. The van der Waals surface area contributed by atoms with E-state index in [1.165, 1.54) is 43.5 Å². The number of esters is 1. The zero-order chi connectivity index (χ0) is 22.8. The van der Waals surface area contributed by atoms with E-state index in [0.717, 1.165) is 6.07 Å². The standard InChI is InChI=1S/C19H19F2N3O7/c1-29-9-8-22-16-7-4-13(24(27)28)10-15(16)18(26)30-11-17(25)23-12-2-5-14(6-3-12)31-19(20)21/h2-7,10,19,22H,8-9,11H2,1H3,(H,23,25). The average molecular weight is 439 g/mol. The molecule has 0 atom stereocenters. The van der Waals surface area contributed by atoms with Gasteiger partial charge >= 0.3 is 12.6 Å². The van der Waals surface area contributed by atoms with Gasteiger partial charge in [0.1, 0.15) is 5.75 Å². The Hall–Kier alpha value is -3.80. The first-order chi connectivity index (χ1) is 14.8. The summed E-state index contributed by atoms with van der Waals surface area (Å²) in [5.41, 5.74) is 0.106. The van der Waals surface area contributed by atoms with Gasteiger partial charge in [-0.15, -0.1) is 0 Å². The van der Waals surface area contributed by atoms with Crippen LogP contribution in [0.4, 0.5) is 25.8 Å². The molecule has 2 N–H and O–H groups in total. The maximum Gasteiger partial charge on any atom is 0.387 e. The Morgan fingerprint density at radius 3 is 2.48 bits per heavy atom. The number of benzene rings is 2. The van der Waals surface area contributed by atoms with Gasteiger partial charge in [-0.25, -0.2) is 4.79 Å². The topological polar surface area (TPSA) is 129 Å². The van der Waals surface area contributed by atoms with Crippen LogP contribution in [0, 0.1) is 10.1 Å². The predicted octanol–water partition coefficient (Wildman–Crippen LogP) is 3.05. The number of methoxy groups -OCH3 is 1. The van der Waals surface area contributed by atoms with E-state index in [1.54, 1.807) is 0 Å². The van der Waals surface area contributed by atoms with Crippen LogP contribution in [0.3, 0.4) is 0 Å². The maximum absolute atomic E-state index is 12.4. The molecule has 1 amide bonds. The van der Waals surface area contributed by atoms with Gasteiger partial charge in [0, 0.05) is 37.2 Å². The number of nitro groups is 1. The smallest absolute Gasteiger partial charge is 0.387 e. The summed E-state index contributed by atoms with van der Waals surface area (Å²) in [6, 6.07) is 8.74. The van der Waals surface area contributed by atoms with E-state index in [0.29, 0.717) is 13.2 Å². The van der Waals surface area contributed by atoms with Gasteiger partial charge in [0.2, 0.25) is 0 Å². The molecule has 0 radical (unpaired) electrons. The highest BCUT2D eigenvalue weighted by molar-refractivity contribution is 5.99. The molecule has 2 aromatic carbocycles. The molecule has 0 fully saturated rings. The summed E-state index contributed by atoms with van der Waals surface area (Å²) in [5, 5.41) is 16.3. The summed E-state index contributed by atoms with van der Waals surface area (Å²) in [7, 11) is 1.49. The minimum atomic E-state index is -2.97. The molecule has 0 bridgehead atoms. The Morgan fingerprint density at radius 2 is 1.87 bits per heavy atom. The van der Waals surface area contributed by atoms with Crippen LogP contribution in [0.25, 0.3) is 0 Å². The third-order valence-corrected chi connectivity index (χ3v) is 3.75. The monoisotopic (exact) mass is 439 g/mol. The highest BCUT2D eigenvalue weighted by atomic mass is 19.3. The van der Waals surface area contributed by atoms with E-state index in [2.05, 4.69) is 15.4 Å².